The van der Waals surface area contributed by atoms with E-state index in [2.05, 4.69) is 30.7 Å². The summed E-state index contributed by atoms with van der Waals surface area (Å²) in [5.41, 5.74) is 0.736. The zero-order chi connectivity index (χ0) is 17.5. The SMILES string of the molecule is Cc1nc(N2CCC3(CC2)C[C@H](O)C[C@H](C(C)(C)C)O3)ccc1Cl. The van der Waals surface area contributed by atoms with Crippen molar-refractivity contribution in [2.75, 3.05) is 18.0 Å². The van der Waals surface area contributed by atoms with Crippen LogP contribution in [0.5, 0.6) is 0 Å². The van der Waals surface area contributed by atoms with Crippen LogP contribution in [0.2, 0.25) is 5.02 Å². The Hall–Kier alpha value is -0.840. The fraction of sp³-hybridized carbons (Fsp3) is 0.737. The van der Waals surface area contributed by atoms with Crippen molar-refractivity contribution in [3.8, 4) is 0 Å². The van der Waals surface area contributed by atoms with Crippen LogP contribution >= 0.6 is 11.6 Å². The van der Waals surface area contributed by atoms with E-state index in [0.717, 1.165) is 50.3 Å². The highest BCUT2D eigenvalue weighted by molar-refractivity contribution is 6.31. The van der Waals surface area contributed by atoms with Crippen molar-refractivity contribution in [2.24, 2.45) is 5.41 Å². The molecule has 1 N–H and O–H groups in total. The van der Waals surface area contributed by atoms with E-state index in [1.165, 1.54) is 0 Å². The predicted octanol–water partition coefficient (Wildman–Crippen LogP) is 3.97. The lowest BCUT2D eigenvalue weighted by atomic mass is 9.76. The molecule has 4 nitrogen and oxygen atoms in total. The van der Waals surface area contributed by atoms with Crippen LogP contribution < -0.4 is 4.90 Å². The molecule has 3 heterocycles. The molecule has 1 aromatic rings. The van der Waals surface area contributed by atoms with Crippen LogP contribution in [0.25, 0.3) is 0 Å². The summed E-state index contributed by atoms with van der Waals surface area (Å²) in [5.74, 6) is 0.982. The highest BCUT2D eigenvalue weighted by Crippen LogP contribution is 2.42. The van der Waals surface area contributed by atoms with Crippen molar-refractivity contribution in [3.05, 3.63) is 22.8 Å². The summed E-state index contributed by atoms with van der Waals surface area (Å²) in [5, 5.41) is 11.1. The van der Waals surface area contributed by atoms with E-state index in [-0.39, 0.29) is 23.2 Å². The third kappa shape index (κ3) is 3.71. The third-order valence-electron chi connectivity index (χ3n) is 5.46. The standard InChI is InChI=1S/C19H29ClN2O2/c1-13-15(20)5-6-17(21-13)22-9-7-19(8-10-22)12-14(23)11-16(24-19)18(2,3)4/h5-6,14,16,23H,7-12H2,1-4H3/t14-,16-/m1/s1. The van der Waals surface area contributed by atoms with Crippen LogP contribution in [0.3, 0.4) is 0 Å². The molecule has 24 heavy (non-hydrogen) atoms. The van der Waals surface area contributed by atoms with Gasteiger partial charge in [0.15, 0.2) is 0 Å². The number of anilines is 1. The maximum Gasteiger partial charge on any atom is 0.128 e. The average molecular weight is 353 g/mol. The molecule has 0 radical (unpaired) electrons. The van der Waals surface area contributed by atoms with Gasteiger partial charge in [0.05, 0.1) is 28.5 Å². The predicted molar refractivity (Wildman–Crippen MR) is 97.7 cm³/mol. The molecule has 2 atom stereocenters. The first-order valence-electron chi connectivity index (χ1n) is 8.93. The molecule has 1 spiro atoms. The van der Waals surface area contributed by atoms with Gasteiger partial charge in [0.25, 0.3) is 0 Å². The zero-order valence-corrected chi connectivity index (χ0v) is 15.9. The molecular formula is C19H29ClN2O2. The van der Waals surface area contributed by atoms with Crippen molar-refractivity contribution >= 4 is 17.4 Å². The molecule has 134 valence electrons. The number of hydrogen-bond acceptors (Lipinski definition) is 4. The van der Waals surface area contributed by atoms with Crippen molar-refractivity contribution in [3.63, 3.8) is 0 Å². The van der Waals surface area contributed by atoms with Gasteiger partial charge < -0.3 is 14.7 Å². The Kier molecular flexibility index (Phi) is 4.84. The van der Waals surface area contributed by atoms with Gasteiger partial charge in [-0.05, 0) is 37.3 Å². The smallest absolute Gasteiger partial charge is 0.128 e. The second-order valence-corrected chi connectivity index (χ2v) is 8.88. The number of ether oxygens (including phenoxy) is 1. The minimum atomic E-state index is -0.259. The first-order chi connectivity index (χ1) is 11.2. The van der Waals surface area contributed by atoms with Crippen molar-refractivity contribution in [1.29, 1.82) is 0 Å². The van der Waals surface area contributed by atoms with Crippen LogP contribution in [0.4, 0.5) is 5.82 Å². The van der Waals surface area contributed by atoms with Crippen LogP contribution in [-0.2, 0) is 4.74 Å². The molecule has 0 aliphatic carbocycles. The molecule has 2 saturated heterocycles. The summed E-state index contributed by atoms with van der Waals surface area (Å²) in [6, 6.07) is 3.90. The van der Waals surface area contributed by atoms with Gasteiger partial charge >= 0.3 is 0 Å². The number of pyridine rings is 1. The van der Waals surface area contributed by atoms with Crippen molar-refractivity contribution < 1.29 is 9.84 Å². The minimum Gasteiger partial charge on any atom is -0.393 e. The second-order valence-electron chi connectivity index (χ2n) is 8.47. The summed E-state index contributed by atoms with van der Waals surface area (Å²) in [6.07, 6.45) is 3.21. The van der Waals surface area contributed by atoms with Gasteiger partial charge in [-0.1, -0.05) is 32.4 Å². The van der Waals surface area contributed by atoms with Crippen molar-refractivity contribution in [1.82, 2.24) is 4.98 Å². The van der Waals surface area contributed by atoms with Gasteiger partial charge in [-0.15, -0.1) is 0 Å². The fourth-order valence-corrected chi connectivity index (χ4v) is 3.97. The Labute approximate surface area is 150 Å². The summed E-state index contributed by atoms with van der Waals surface area (Å²) >= 11 is 6.08. The number of aromatic nitrogens is 1. The van der Waals surface area contributed by atoms with E-state index >= 15 is 0 Å². The van der Waals surface area contributed by atoms with E-state index in [9.17, 15) is 5.11 Å². The van der Waals surface area contributed by atoms with Gasteiger partial charge in [-0.3, -0.25) is 0 Å². The number of aliphatic hydroxyl groups excluding tert-OH is 1. The Morgan fingerprint density at radius 3 is 2.54 bits per heavy atom. The molecule has 0 saturated carbocycles. The van der Waals surface area contributed by atoms with Crippen LogP contribution in [0.1, 0.15) is 52.1 Å². The lowest BCUT2D eigenvalue weighted by Crippen LogP contribution is -2.55. The van der Waals surface area contributed by atoms with Gasteiger partial charge in [0, 0.05) is 25.9 Å². The van der Waals surface area contributed by atoms with E-state index < -0.39 is 0 Å². The normalized spacial score (nSPS) is 27.5. The minimum absolute atomic E-state index is 0.0559. The maximum absolute atomic E-state index is 10.4. The number of hydrogen-bond donors (Lipinski definition) is 1. The molecule has 0 unspecified atom stereocenters. The number of nitrogens with zero attached hydrogens (tertiary/aromatic N) is 2. The van der Waals surface area contributed by atoms with E-state index in [1.54, 1.807) is 0 Å². The van der Waals surface area contributed by atoms with Gasteiger partial charge in [-0.2, -0.15) is 0 Å². The van der Waals surface area contributed by atoms with E-state index in [4.69, 9.17) is 16.3 Å². The monoisotopic (exact) mass is 352 g/mol. The molecule has 1 aromatic heterocycles. The first kappa shape index (κ1) is 18.0. The summed E-state index contributed by atoms with van der Waals surface area (Å²) in [6.45, 7) is 10.3. The van der Waals surface area contributed by atoms with Crippen LogP contribution in [-0.4, -0.2) is 41.0 Å². The molecule has 0 amide bonds. The van der Waals surface area contributed by atoms with E-state index in [1.807, 2.05) is 19.1 Å². The lowest BCUT2D eigenvalue weighted by Gasteiger charge is -2.50. The molecular weight excluding hydrogens is 324 g/mol. The van der Waals surface area contributed by atoms with Crippen LogP contribution in [0.15, 0.2) is 12.1 Å². The largest absolute Gasteiger partial charge is 0.393 e. The van der Waals surface area contributed by atoms with Gasteiger partial charge in [0.1, 0.15) is 5.82 Å². The van der Waals surface area contributed by atoms with Crippen LogP contribution in [0, 0.1) is 12.3 Å². The Balaban J connectivity index is 1.70. The highest BCUT2D eigenvalue weighted by atomic mass is 35.5. The van der Waals surface area contributed by atoms with Crippen molar-refractivity contribution in [2.45, 2.75) is 71.2 Å². The van der Waals surface area contributed by atoms with Gasteiger partial charge in [0.2, 0.25) is 0 Å². The quantitative estimate of drug-likeness (QED) is 0.830. The van der Waals surface area contributed by atoms with Gasteiger partial charge in [-0.25, -0.2) is 4.98 Å². The number of aryl methyl sites for hydroxylation is 1. The van der Waals surface area contributed by atoms with E-state index in [0.29, 0.717) is 5.02 Å². The third-order valence-corrected chi connectivity index (χ3v) is 5.86. The summed E-state index contributed by atoms with van der Waals surface area (Å²) in [7, 11) is 0. The summed E-state index contributed by atoms with van der Waals surface area (Å²) in [4.78, 5) is 6.90. The number of halogens is 1. The molecule has 3 rings (SSSR count). The molecule has 0 bridgehead atoms. The second kappa shape index (κ2) is 6.47. The Bertz CT molecular complexity index is 592. The zero-order valence-electron chi connectivity index (χ0n) is 15.2. The molecule has 2 aliphatic heterocycles. The number of piperidine rings is 1. The summed E-state index contributed by atoms with van der Waals surface area (Å²) < 4.78 is 6.55. The lowest BCUT2D eigenvalue weighted by molar-refractivity contribution is -0.199. The molecule has 0 aromatic carbocycles. The topological polar surface area (TPSA) is 45.6 Å². The Morgan fingerprint density at radius 2 is 1.96 bits per heavy atom. The molecule has 2 fully saturated rings. The number of rotatable bonds is 1. The first-order valence-corrected chi connectivity index (χ1v) is 9.30. The average Bonchev–Trinajstić information content (AvgIpc) is 2.49. The Morgan fingerprint density at radius 1 is 1.29 bits per heavy atom. The molecule has 2 aliphatic rings. The maximum atomic E-state index is 10.4. The molecule has 5 heteroatoms. The fourth-order valence-electron chi connectivity index (χ4n) is 3.86. The highest BCUT2D eigenvalue weighted by Gasteiger charge is 2.46. The number of aliphatic hydroxyl groups is 1.